The van der Waals surface area contributed by atoms with Crippen molar-refractivity contribution in [2.45, 2.75) is 229 Å². The predicted molar refractivity (Wildman–Crippen MR) is 340 cm³/mol. The molecule has 0 amide bonds. The Bertz CT molecular complexity index is 1930. The van der Waals surface area contributed by atoms with Crippen LogP contribution < -0.4 is 0 Å². The zero-order valence-corrected chi connectivity index (χ0v) is 56.2. The van der Waals surface area contributed by atoms with E-state index in [1.54, 1.807) is 0 Å². The molecule has 526 valence electrons. The van der Waals surface area contributed by atoms with Gasteiger partial charge in [0.2, 0.25) is 0 Å². The quantitative estimate of drug-likeness (QED) is 0.0185. The number of unbranched alkanes of at least 4 members (excludes halogenated alkanes) is 14. The normalized spacial score (nSPS) is 21.0. The summed E-state index contributed by atoms with van der Waals surface area (Å²) in [6, 6.07) is 0. The molecule has 0 saturated carbocycles. The molecule has 3 saturated heterocycles. The van der Waals surface area contributed by atoms with E-state index in [2.05, 4.69) is 26.0 Å². The molecule has 0 aromatic rings. The van der Waals surface area contributed by atoms with Crippen molar-refractivity contribution in [2.24, 2.45) is 0 Å². The Morgan fingerprint density at radius 1 is 0.433 bits per heavy atom. The first-order chi connectivity index (χ1) is 42.5. The lowest BCUT2D eigenvalue weighted by Gasteiger charge is -2.23. The van der Waals surface area contributed by atoms with Crippen molar-refractivity contribution in [1.82, 2.24) is 14.7 Å². The van der Waals surface area contributed by atoms with Gasteiger partial charge in [0, 0.05) is 45.3 Å². The number of rotatable bonds is 44. The maximum absolute atomic E-state index is 12.9. The fourth-order valence-electron chi connectivity index (χ4n) is 8.53. The van der Waals surface area contributed by atoms with Gasteiger partial charge in [-0.3, -0.25) is 33.6 Å². The topological polar surface area (TPSA) is 334 Å². The van der Waals surface area contributed by atoms with Gasteiger partial charge in [0.05, 0.1) is 45.7 Å². The maximum atomic E-state index is 12.9. The second kappa shape index (κ2) is 57.3. The van der Waals surface area contributed by atoms with Crippen LogP contribution in [-0.2, 0) is 76.2 Å². The minimum Gasteiger partial charge on any atom is -0.481 e. The SMILES string of the molecule is CCCCCC/C=C\COC(=O)CCCCCCC(=O)O[C@@H]1[C@@H](OC(=O)CCCCCCC(=O)OC/C=C\CCCCCC)CO[C@@H]1COC(=O)CCN(C)C.CN(C)CCC(=O)O.CN(C)CCC(=O)OC[C@H]1OC[C@H](O)[C@H]1O.Cl.OC[C@H]1OC[C@H](O)[C@H]1O. The van der Waals surface area contributed by atoms with Crippen LogP contribution in [0.1, 0.15) is 174 Å². The summed E-state index contributed by atoms with van der Waals surface area (Å²) in [5, 5.41) is 52.9. The van der Waals surface area contributed by atoms with E-state index in [9.17, 15) is 43.8 Å². The molecule has 9 atom stereocenters. The van der Waals surface area contributed by atoms with E-state index in [-0.39, 0.29) is 95.6 Å². The van der Waals surface area contributed by atoms with Crippen LogP contribution in [0.2, 0.25) is 0 Å². The number of allylic oxidation sites excluding steroid dienone is 2. The molecule has 26 heteroatoms. The van der Waals surface area contributed by atoms with Crippen LogP contribution in [0.15, 0.2) is 24.3 Å². The number of nitrogens with zero attached hydrogens (tertiary/aromatic N) is 3. The third-order valence-electron chi connectivity index (χ3n) is 14.1. The molecule has 0 bridgehead atoms. The molecule has 3 aliphatic heterocycles. The van der Waals surface area contributed by atoms with Gasteiger partial charge in [0.15, 0.2) is 12.2 Å². The van der Waals surface area contributed by atoms with Crippen molar-refractivity contribution in [3.05, 3.63) is 24.3 Å². The van der Waals surface area contributed by atoms with Crippen LogP contribution in [0.25, 0.3) is 0 Å². The van der Waals surface area contributed by atoms with E-state index in [0.717, 1.165) is 51.4 Å². The Morgan fingerprint density at radius 3 is 1.17 bits per heavy atom. The number of carbonyl (C=O) groups excluding carboxylic acids is 6. The molecule has 3 fully saturated rings. The highest BCUT2D eigenvalue weighted by atomic mass is 35.5. The van der Waals surface area contributed by atoms with Crippen LogP contribution >= 0.6 is 12.4 Å². The molecule has 90 heavy (non-hydrogen) atoms. The van der Waals surface area contributed by atoms with Gasteiger partial charge in [-0.2, -0.15) is 0 Å². The Balaban J connectivity index is 0. The van der Waals surface area contributed by atoms with Crippen molar-refractivity contribution >= 4 is 54.2 Å². The first kappa shape index (κ1) is 87.7. The minimum atomic E-state index is -0.971. The van der Waals surface area contributed by atoms with Crippen LogP contribution in [0.4, 0.5) is 0 Å². The van der Waals surface area contributed by atoms with E-state index in [0.29, 0.717) is 77.8 Å². The number of hydrogen-bond donors (Lipinski definition) is 6. The lowest BCUT2D eigenvalue weighted by Crippen LogP contribution is -2.40. The van der Waals surface area contributed by atoms with Gasteiger partial charge in [-0.1, -0.05) is 102 Å². The van der Waals surface area contributed by atoms with Crippen LogP contribution in [0.3, 0.4) is 0 Å². The zero-order chi connectivity index (χ0) is 66.6. The Kier molecular flexibility index (Phi) is 55.8. The van der Waals surface area contributed by atoms with Crippen molar-refractivity contribution in [1.29, 1.82) is 0 Å². The molecular formula is C64H116ClN3O22. The zero-order valence-electron chi connectivity index (χ0n) is 55.4. The number of halogens is 1. The average molecular weight is 1320 g/mol. The first-order valence-corrected chi connectivity index (χ1v) is 32.2. The molecule has 0 aromatic heterocycles. The van der Waals surface area contributed by atoms with Gasteiger partial charge < -0.3 is 88.0 Å². The number of carboxylic acids is 1. The van der Waals surface area contributed by atoms with Crippen LogP contribution in [-0.4, -0.2) is 257 Å². The highest BCUT2D eigenvalue weighted by Crippen LogP contribution is 2.24. The fourth-order valence-corrected chi connectivity index (χ4v) is 8.53. The lowest BCUT2D eigenvalue weighted by molar-refractivity contribution is -0.168. The summed E-state index contributed by atoms with van der Waals surface area (Å²) in [5.74, 6) is -2.79. The highest BCUT2D eigenvalue weighted by molar-refractivity contribution is 5.85. The monoisotopic (exact) mass is 1310 g/mol. The molecular weight excluding hydrogens is 1200 g/mol. The van der Waals surface area contributed by atoms with Gasteiger partial charge >= 0.3 is 41.8 Å². The van der Waals surface area contributed by atoms with Crippen LogP contribution in [0.5, 0.6) is 0 Å². The van der Waals surface area contributed by atoms with Crippen molar-refractivity contribution in [3.63, 3.8) is 0 Å². The van der Waals surface area contributed by atoms with E-state index in [4.69, 9.17) is 63.1 Å². The number of esters is 6. The van der Waals surface area contributed by atoms with Crippen molar-refractivity contribution in [3.8, 4) is 0 Å². The summed E-state index contributed by atoms with van der Waals surface area (Å²) < 4.78 is 48.0. The Morgan fingerprint density at radius 2 is 0.800 bits per heavy atom. The van der Waals surface area contributed by atoms with Gasteiger partial charge in [-0.15, -0.1) is 12.4 Å². The summed E-state index contributed by atoms with van der Waals surface area (Å²) in [4.78, 5) is 88.6. The molecule has 3 heterocycles. The summed E-state index contributed by atoms with van der Waals surface area (Å²) in [6.45, 7) is 6.59. The molecule has 3 aliphatic rings. The first-order valence-electron chi connectivity index (χ1n) is 32.2. The number of aliphatic hydroxyl groups is 5. The highest BCUT2D eigenvalue weighted by Gasteiger charge is 2.43. The molecule has 0 aliphatic carbocycles. The lowest BCUT2D eigenvalue weighted by atomic mass is 10.1. The number of carbonyl (C=O) groups is 7. The number of carboxylic acid groups (broad SMARTS) is 1. The predicted octanol–water partition coefficient (Wildman–Crippen LogP) is 5.67. The van der Waals surface area contributed by atoms with Crippen molar-refractivity contribution in [2.75, 3.05) is 115 Å². The molecule has 0 spiro atoms. The van der Waals surface area contributed by atoms with Gasteiger partial charge in [-0.25, -0.2) is 0 Å². The molecule has 25 nitrogen and oxygen atoms in total. The van der Waals surface area contributed by atoms with E-state index in [1.165, 1.54) is 38.5 Å². The second-order valence-corrected chi connectivity index (χ2v) is 23.2. The Hall–Kier alpha value is -4.38. The average Bonchev–Trinajstić information content (AvgIpc) is 2.00. The smallest absolute Gasteiger partial charge is 0.307 e. The van der Waals surface area contributed by atoms with E-state index < -0.39 is 78.8 Å². The molecule has 0 aromatic carbocycles. The molecule has 0 unspecified atom stereocenters. The summed E-state index contributed by atoms with van der Waals surface area (Å²) >= 11 is 0. The Labute approximate surface area is 542 Å². The van der Waals surface area contributed by atoms with Crippen LogP contribution in [0, 0.1) is 0 Å². The second-order valence-electron chi connectivity index (χ2n) is 23.2. The van der Waals surface area contributed by atoms with Gasteiger partial charge in [0.25, 0.3) is 0 Å². The minimum absolute atomic E-state index is 0. The van der Waals surface area contributed by atoms with Gasteiger partial charge in [0.1, 0.15) is 69.2 Å². The number of aliphatic carboxylic acids is 1. The van der Waals surface area contributed by atoms with E-state index in [1.807, 2.05) is 69.1 Å². The molecule has 3 rings (SSSR count). The van der Waals surface area contributed by atoms with Crippen molar-refractivity contribution < 1.29 is 107 Å². The van der Waals surface area contributed by atoms with Gasteiger partial charge in [-0.05, 0) is 93.7 Å². The summed E-state index contributed by atoms with van der Waals surface area (Å²) in [5.41, 5.74) is 0. The molecule has 6 N–H and O–H groups in total. The summed E-state index contributed by atoms with van der Waals surface area (Å²) in [7, 11) is 11.2. The number of hydrogen-bond acceptors (Lipinski definition) is 24. The standard InChI is InChI=1S/C44H75NO11.C10H19NO5.C5H11NO2.C5H10O4.ClH/c1-5-7-9-11-13-19-25-33-51-39(46)27-21-15-17-23-29-42(49)55-38-36-53-37(35-54-41(48)31-32-45(3)4)44(38)56-43(50)30-24-18-16-22-28-40(47)52-34-26-20-14-12-10-8-6-2;1-11(2)4-3-9(13)16-6-8-10(14)7(12)5-15-8;1-6(2)4-3-5(7)8;6-1-4-5(8)3(7)2-9-4;/h19-20,25-26,37-38,44H,5-18,21-24,27-36H2,1-4H3;7-8,10,12,14H,3-6H2,1-2H3;3-4H2,1-2H3,(H,7,8);3-8H,1-2H2;1H/b25-19-,26-20-;;;;/t37-,38+,44+;7-,8+,10+;;3-,4+,5+;/m10.0./s1. The fraction of sp³-hybridized carbons (Fsp3) is 0.828. The number of aliphatic hydroxyl groups excluding tert-OH is 5. The van der Waals surface area contributed by atoms with E-state index >= 15 is 0 Å². The third kappa shape index (κ3) is 49.3. The summed E-state index contributed by atoms with van der Waals surface area (Å²) in [6.07, 6.45) is 19.6. The third-order valence-corrected chi connectivity index (χ3v) is 14.1. The largest absolute Gasteiger partial charge is 0.481 e. The molecule has 0 radical (unpaired) electrons. The number of ether oxygens (including phenoxy) is 9. The maximum Gasteiger partial charge on any atom is 0.307 e.